The maximum absolute atomic E-state index is 5.75. The highest BCUT2D eigenvalue weighted by Gasteiger charge is 2.05. The highest BCUT2D eigenvalue weighted by molar-refractivity contribution is 7.15. The van der Waals surface area contributed by atoms with Crippen LogP contribution in [0, 0.1) is 0 Å². The lowest BCUT2D eigenvalue weighted by atomic mass is 10.1. The van der Waals surface area contributed by atoms with Gasteiger partial charge in [0.1, 0.15) is 0 Å². The first-order valence-electron chi connectivity index (χ1n) is 18.9. The summed E-state index contributed by atoms with van der Waals surface area (Å²) < 4.78 is 22.6. The molecule has 0 saturated heterocycles. The van der Waals surface area contributed by atoms with Gasteiger partial charge in [-0.1, -0.05) is 124 Å². The van der Waals surface area contributed by atoms with Crippen molar-refractivity contribution in [2.75, 3.05) is 52.9 Å². The Kier molecular flexibility index (Phi) is 17.6. The molecule has 0 bridgehead atoms. The molecule has 274 valence electrons. The standard InChI is InChI=1S/C46H54O4S2/c1-3-5-29-47-33-35-49-31-27-43-23-25-45(51-43)41-19-15-39(16-20-41)13-11-37-7-9-38(10-8-37)12-14-40-17-21-42(22-18-40)46-26-24-44(52-46)28-32-50-36-34-48-30-6-4-2/h7-26H,3-6,27-36H2,1-2H3. The Bertz CT molecular complexity index is 1620. The summed E-state index contributed by atoms with van der Waals surface area (Å²) in [5.41, 5.74) is 7.25. The first-order chi connectivity index (χ1) is 25.7. The molecule has 0 aliphatic heterocycles. The Balaban J connectivity index is 1.02. The second kappa shape index (κ2) is 23.1. The van der Waals surface area contributed by atoms with Crippen LogP contribution in [0.2, 0.25) is 0 Å². The van der Waals surface area contributed by atoms with Gasteiger partial charge in [-0.25, -0.2) is 0 Å². The Morgan fingerprint density at radius 1 is 0.385 bits per heavy atom. The molecule has 4 nitrogen and oxygen atoms in total. The zero-order chi connectivity index (χ0) is 36.1. The van der Waals surface area contributed by atoms with E-state index in [0.29, 0.717) is 26.4 Å². The van der Waals surface area contributed by atoms with Crippen LogP contribution in [0.3, 0.4) is 0 Å². The maximum atomic E-state index is 5.75. The molecular formula is C46H54O4S2. The number of hydrogen-bond donors (Lipinski definition) is 0. The van der Waals surface area contributed by atoms with E-state index in [-0.39, 0.29) is 0 Å². The van der Waals surface area contributed by atoms with E-state index in [2.05, 4.69) is 135 Å². The van der Waals surface area contributed by atoms with Gasteiger partial charge in [-0.3, -0.25) is 0 Å². The van der Waals surface area contributed by atoms with Crippen molar-refractivity contribution in [2.24, 2.45) is 0 Å². The van der Waals surface area contributed by atoms with Gasteiger partial charge in [0.25, 0.3) is 0 Å². The first-order valence-corrected chi connectivity index (χ1v) is 20.5. The van der Waals surface area contributed by atoms with Gasteiger partial charge in [0, 0.05) is 45.6 Å². The van der Waals surface area contributed by atoms with Crippen molar-refractivity contribution < 1.29 is 18.9 Å². The summed E-state index contributed by atoms with van der Waals surface area (Å²) in [5.74, 6) is 0. The van der Waals surface area contributed by atoms with Gasteiger partial charge in [0.05, 0.1) is 39.6 Å². The summed E-state index contributed by atoms with van der Waals surface area (Å²) in [7, 11) is 0. The van der Waals surface area contributed by atoms with E-state index < -0.39 is 0 Å². The predicted octanol–water partition coefficient (Wildman–Crippen LogP) is 12.2. The van der Waals surface area contributed by atoms with Crippen molar-refractivity contribution in [1.29, 1.82) is 0 Å². The molecule has 52 heavy (non-hydrogen) atoms. The molecule has 5 rings (SSSR count). The molecule has 0 aliphatic carbocycles. The van der Waals surface area contributed by atoms with E-state index >= 15 is 0 Å². The zero-order valence-electron chi connectivity index (χ0n) is 30.9. The van der Waals surface area contributed by atoms with Gasteiger partial charge in [-0.05, 0) is 70.5 Å². The number of unbranched alkanes of at least 4 members (excludes halogenated alkanes) is 2. The fraction of sp³-hybridized carbons (Fsp3) is 0.348. The van der Waals surface area contributed by atoms with Crippen LogP contribution < -0.4 is 0 Å². The van der Waals surface area contributed by atoms with Crippen LogP contribution in [0.1, 0.15) is 71.5 Å². The van der Waals surface area contributed by atoms with E-state index in [9.17, 15) is 0 Å². The van der Waals surface area contributed by atoms with E-state index in [4.69, 9.17) is 18.9 Å². The Morgan fingerprint density at radius 2 is 0.712 bits per heavy atom. The fourth-order valence-corrected chi connectivity index (χ4v) is 7.43. The summed E-state index contributed by atoms with van der Waals surface area (Å²) >= 11 is 3.69. The minimum Gasteiger partial charge on any atom is -0.379 e. The Hall–Kier alpha value is -3.62. The van der Waals surface area contributed by atoms with Crippen LogP contribution in [-0.2, 0) is 31.8 Å². The molecule has 0 amide bonds. The van der Waals surface area contributed by atoms with Gasteiger partial charge in [0.15, 0.2) is 0 Å². The average molecular weight is 735 g/mol. The lowest BCUT2D eigenvalue weighted by Gasteiger charge is -2.04. The van der Waals surface area contributed by atoms with E-state index in [0.717, 1.165) is 52.1 Å². The van der Waals surface area contributed by atoms with Gasteiger partial charge in [0.2, 0.25) is 0 Å². The monoisotopic (exact) mass is 734 g/mol. The van der Waals surface area contributed by atoms with Crippen LogP contribution in [0.15, 0.2) is 97.1 Å². The summed E-state index contributed by atoms with van der Waals surface area (Å²) in [6.07, 6.45) is 15.1. The van der Waals surface area contributed by atoms with Crippen molar-refractivity contribution in [1.82, 2.24) is 0 Å². The summed E-state index contributed by atoms with van der Waals surface area (Å²) in [6.45, 7) is 10.2. The highest BCUT2D eigenvalue weighted by Crippen LogP contribution is 2.30. The van der Waals surface area contributed by atoms with Crippen LogP contribution in [0.25, 0.3) is 45.2 Å². The third-order valence-corrected chi connectivity index (χ3v) is 11.0. The van der Waals surface area contributed by atoms with Crippen molar-refractivity contribution in [3.8, 4) is 20.9 Å². The van der Waals surface area contributed by atoms with Crippen molar-refractivity contribution in [3.05, 3.63) is 129 Å². The second-order valence-corrected chi connectivity index (χ2v) is 15.1. The van der Waals surface area contributed by atoms with Crippen LogP contribution in [0.5, 0.6) is 0 Å². The topological polar surface area (TPSA) is 36.9 Å². The van der Waals surface area contributed by atoms with Gasteiger partial charge < -0.3 is 18.9 Å². The smallest absolute Gasteiger partial charge is 0.0700 e. The normalized spacial score (nSPS) is 11.7. The molecule has 0 fully saturated rings. The van der Waals surface area contributed by atoms with Crippen molar-refractivity contribution >= 4 is 47.0 Å². The summed E-state index contributed by atoms with van der Waals surface area (Å²) in [5, 5.41) is 0. The number of rotatable bonds is 24. The van der Waals surface area contributed by atoms with Gasteiger partial charge >= 0.3 is 0 Å². The largest absolute Gasteiger partial charge is 0.379 e. The zero-order valence-corrected chi connectivity index (χ0v) is 32.5. The Morgan fingerprint density at radius 3 is 1.06 bits per heavy atom. The van der Waals surface area contributed by atoms with E-state index in [1.807, 2.05) is 22.7 Å². The van der Waals surface area contributed by atoms with Crippen LogP contribution in [0.4, 0.5) is 0 Å². The van der Waals surface area contributed by atoms with Crippen LogP contribution >= 0.6 is 22.7 Å². The maximum Gasteiger partial charge on any atom is 0.0700 e. The highest BCUT2D eigenvalue weighted by atomic mass is 32.1. The molecule has 0 saturated carbocycles. The SMILES string of the molecule is CCCCOCCOCCc1ccc(-c2ccc(C=Cc3ccc(C=Cc4ccc(-c5ccc(CCOCCOCCCC)s5)cc4)cc3)cc2)s1. The number of benzene rings is 3. The molecule has 6 heteroatoms. The minimum atomic E-state index is 0.666. The van der Waals surface area contributed by atoms with Crippen LogP contribution in [-0.4, -0.2) is 52.9 Å². The van der Waals surface area contributed by atoms with E-state index in [1.165, 1.54) is 65.7 Å². The molecule has 2 aromatic heterocycles. The summed E-state index contributed by atoms with van der Waals surface area (Å²) in [4.78, 5) is 5.29. The first kappa shape index (κ1) is 39.6. The Labute approximate surface area is 319 Å². The molecule has 0 radical (unpaired) electrons. The predicted molar refractivity (Wildman–Crippen MR) is 224 cm³/mol. The quantitative estimate of drug-likeness (QED) is 0.0467. The van der Waals surface area contributed by atoms with Gasteiger partial charge in [-0.2, -0.15) is 0 Å². The fourth-order valence-electron chi connectivity index (χ4n) is 5.44. The molecule has 2 heterocycles. The molecule has 0 atom stereocenters. The lowest BCUT2D eigenvalue weighted by molar-refractivity contribution is 0.0480. The molecular weight excluding hydrogens is 681 g/mol. The molecule has 0 unspecified atom stereocenters. The third-order valence-electron chi connectivity index (χ3n) is 8.60. The van der Waals surface area contributed by atoms with Crippen molar-refractivity contribution in [2.45, 2.75) is 52.4 Å². The summed E-state index contributed by atoms with van der Waals surface area (Å²) in [6, 6.07) is 35.2. The van der Waals surface area contributed by atoms with Gasteiger partial charge in [-0.15, -0.1) is 22.7 Å². The molecule has 5 aromatic rings. The number of ether oxygens (including phenoxy) is 4. The lowest BCUT2D eigenvalue weighted by Crippen LogP contribution is -2.07. The van der Waals surface area contributed by atoms with E-state index in [1.54, 1.807) is 0 Å². The number of thiophene rings is 2. The molecule has 3 aromatic carbocycles. The third kappa shape index (κ3) is 14.1. The molecule has 0 spiro atoms. The molecule has 0 N–H and O–H groups in total. The average Bonchev–Trinajstić information content (AvgIpc) is 3.87. The van der Waals surface area contributed by atoms with Crippen molar-refractivity contribution in [3.63, 3.8) is 0 Å². The molecule has 0 aliphatic rings. The second-order valence-electron chi connectivity index (χ2n) is 12.8. The number of hydrogen-bond acceptors (Lipinski definition) is 6. The minimum absolute atomic E-state index is 0.666.